The van der Waals surface area contributed by atoms with E-state index in [1.165, 1.54) is 0 Å². The summed E-state index contributed by atoms with van der Waals surface area (Å²) in [6.45, 7) is -0.461. The molecule has 7 heavy (non-hydrogen) atoms. The SMILES string of the molecule is [O]CCC=C(F)F. The van der Waals surface area contributed by atoms with Crippen LogP contribution < -0.4 is 0 Å². The van der Waals surface area contributed by atoms with Gasteiger partial charge in [0.25, 0.3) is 6.08 Å². The Balaban J connectivity index is 3.08. The summed E-state index contributed by atoms with van der Waals surface area (Å²) in [6, 6.07) is 0. The molecule has 0 aliphatic rings. The van der Waals surface area contributed by atoms with Crippen molar-refractivity contribution in [1.82, 2.24) is 0 Å². The van der Waals surface area contributed by atoms with Crippen LogP contribution in [0.3, 0.4) is 0 Å². The van der Waals surface area contributed by atoms with Gasteiger partial charge in [-0.05, 0) is 12.5 Å². The van der Waals surface area contributed by atoms with Gasteiger partial charge in [-0.1, -0.05) is 0 Å². The first-order valence-corrected chi connectivity index (χ1v) is 1.86. The molecule has 0 atom stereocenters. The molecule has 1 radical (unpaired) electrons. The zero-order chi connectivity index (χ0) is 5.70. The lowest BCUT2D eigenvalue weighted by molar-refractivity contribution is 0.198. The summed E-state index contributed by atoms with van der Waals surface area (Å²) in [4.78, 5) is 0. The second kappa shape index (κ2) is 3.74. The maximum atomic E-state index is 10.9. The van der Waals surface area contributed by atoms with Crippen molar-refractivity contribution < 1.29 is 13.9 Å². The summed E-state index contributed by atoms with van der Waals surface area (Å²) in [7, 11) is 0. The summed E-state index contributed by atoms with van der Waals surface area (Å²) < 4.78 is 21.9. The zero-order valence-electron chi connectivity index (χ0n) is 3.66. The molecule has 0 aromatic rings. The zero-order valence-corrected chi connectivity index (χ0v) is 3.66. The van der Waals surface area contributed by atoms with Gasteiger partial charge in [0.15, 0.2) is 0 Å². The van der Waals surface area contributed by atoms with E-state index in [0.29, 0.717) is 6.08 Å². The van der Waals surface area contributed by atoms with Crippen LogP contribution in [-0.2, 0) is 5.11 Å². The van der Waals surface area contributed by atoms with Crippen LogP contribution in [0, 0.1) is 0 Å². The maximum absolute atomic E-state index is 10.9. The molecule has 0 aliphatic carbocycles. The van der Waals surface area contributed by atoms with Gasteiger partial charge in [-0.3, -0.25) is 0 Å². The third-order valence-electron chi connectivity index (χ3n) is 0.416. The number of hydrogen-bond acceptors (Lipinski definition) is 0. The fraction of sp³-hybridized carbons (Fsp3) is 0.500. The maximum Gasteiger partial charge on any atom is 0.266 e. The van der Waals surface area contributed by atoms with Gasteiger partial charge in [-0.2, -0.15) is 8.78 Å². The van der Waals surface area contributed by atoms with Gasteiger partial charge in [-0.15, -0.1) is 0 Å². The molecule has 0 N–H and O–H groups in total. The summed E-state index contributed by atoms with van der Waals surface area (Å²) in [5.74, 6) is 0. The van der Waals surface area contributed by atoms with Crippen molar-refractivity contribution in [3.05, 3.63) is 12.2 Å². The van der Waals surface area contributed by atoms with Crippen molar-refractivity contribution in [2.45, 2.75) is 6.42 Å². The van der Waals surface area contributed by atoms with Gasteiger partial charge < -0.3 is 0 Å². The molecular formula is C4H5F2O. The molecule has 0 heterocycles. The van der Waals surface area contributed by atoms with E-state index in [0.717, 1.165) is 0 Å². The number of halogens is 2. The predicted octanol–water partition coefficient (Wildman–Crippen LogP) is 1.59. The van der Waals surface area contributed by atoms with Crippen LogP contribution in [0.1, 0.15) is 6.42 Å². The fourth-order valence-electron chi connectivity index (χ4n) is 0.168. The Hall–Kier alpha value is -0.440. The minimum Gasteiger partial charge on any atom is -0.236 e. The Morgan fingerprint density at radius 2 is 2.14 bits per heavy atom. The number of rotatable bonds is 2. The van der Waals surface area contributed by atoms with E-state index in [1.54, 1.807) is 0 Å². The third kappa shape index (κ3) is 5.56. The van der Waals surface area contributed by atoms with Crippen molar-refractivity contribution >= 4 is 0 Å². The predicted molar refractivity (Wildman–Crippen MR) is 20.5 cm³/mol. The highest BCUT2D eigenvalue weighted by Gasteiger charge is 1.83. The van der Waals surface area contributed by atoms with E-state index < -0.39 is 12.7 Å². The van der Waals surface area contributed by atoms with Crippen molar-refractivity contribution in [2.75, 3.05) is 6.61 Å². The van der Waals surface area contributed by atoms with Crippen LogP contribution in [0.5, 0.6) is 0 Å². The quantitative estimate of drug-likeness (QED) is 0.510. The molecule has 0 bridgehead atoms. The molecule has 0 amide bonds. The van der Waals surface area contributed by atoms with Crippen LogP contribution in [0.4, 0.5) is 8.78 Å². The van der Waals surface area contributed by atoms with Gasteiger partial charge in [0.1, 0.15) is 0 Å². The van der Waals surface area contributed by atoms with Gasteiger partial charge in [-0.25, -0.2) is 5.11 Å². The van der Waals surface area contributed by atoms with Crippen molar-refractivity contribution in [3.8, 4) is 0 Å². The lowest BCUT2D eigenvalue weighted by Crippen LogP contribution is -1.72. The second-order valence-corrected chi connectivity index (χ2v) is 0.987. The Kier molecular flexibility index (Phi) is 3.50. The molecule has 0 aromatic carbocycles. The molecule has 0 spiro atoms. The summed E-state index contributed by atoms with van der Waals surface area (Å²) in [5, 5.41) is 9.46. The fourth-order valence-corrected chi connectivity index (χ4v) is 0.168. The lowest BCUT2D eigenvalue weighted by Gasteiger charge is -1.76. The first-order valence-electron chi connectivity index (χ1n) is 1.86. The summed E-state index contributed by atoms with van der Waals surface area (Å²) in [5.41, 5.74) is 0. The second-order valence-electron chi connectivity index (χ2n) is 0.987. The van der Waals surface area contributed by atoms with E-state index in [-0.39, 0.29) is 6.42 Å². The van der Waals surface area contributed by atoms with Crippen LogP contribution in [-0.4, -0.2) is 6.61 Å². The molecule has 0 aliphatic heterocycles. The minimum absolute atomic E-state index is 0.0671. The highest BCUT2D eigenvalue weighted by atomic mass is 19.3. The van der Waals surface area contributed by atoms with E-state index in [1.807, 2.05) is 0 Å². The normalized spacial score (nSPS) is 8.43. The van der Waals surface area contributed by atoms with Gasteiger partial charge in [0, 0.05) is 0 Å². The average Bonchev–Trinajstić information content (AvgIpc) is 1.61. The van der Waals surface area contributed by atoms with E-state index in [2.05, 4.69) is 0 Å². The minimum atomic E-state index is -1.77. The van der Waals surface area contributed by atoms with Gasteiger partial charge in [0.05, 0.1) is 6.61 Å². The molecule has 0 fully saturated rings. The molecule has 0 saturated heterocycles. The standard InChI is InChI=1S/C4H5F2O/c5-4(6)2-1-3-7/h2H,1,3H2. The molecule has 3 heteroatoms. The van der Waals surface area contributed by atoms with E-state index >= 15 is 0 Å². The molecule has 0 rings (SSSR count). The van der Waals surface area contributed by atoms with Crippen LogP contribution in [0.15, 0.2) is 12.2 Å². The van der Waals surface area contributed by atoms with Gasteiger partial charge in [0.2, 0.25) is 0 Å². The monoisotopic (exact) mass is 107 g/mol. The molecule has 0 saturated carbocycles. The van der Waals surface area contributed by atoms with Gasteiger partial charge >= 0.3 is 0 Å². The molecule has 1 nitrogen and oxygen atoms in total. The first-order chi connectivity index (χ1) is 3.27. The molecular weight excluding hydrogens is 102 g/mol. The molecule has 0 aromatic heterocycles. The van der Waals surface area contributed by atoms with E-state index in [4.69, 9.17) is 0 Å². The van der Waals surface area contributed by atoms with E-state index in [9.17, 15) is 13.9 Å². The third-order valence-corrected chi connectivity index (χ3v) is 0.416. The highest BCUT2D eigenvalue weighted by molar-refractivity contribution is 4.79. The Morgan fingerprint density at radius 3 is 2.29 bits per heavy atom. The smallest absolute Gasteiger partial charge is 0.236 e. The van der Waals surface area contributed by atoms with Crippen LogP contribution in [0.2, 0.25) is 0 Å². The first kappa shape index (κ1) is 6.56. The Labute approximate surface area is 40.3 Å². The van der Waals surface area contributed by atoms with Crippen LogP contribution >= 0.6 is 0 Å². The topological polar surface area (TPSA) is 19.9 Å². The highest BCUT2D eigenvalue weighted by Crippen LogP contribution is 1.96. The van der Waals surface area contributed by atoms with Crippen molar-refractivity contribution in [1.29, 1.82) is 0 Å². The Bertz CT molecular complexity index is 66.1. The van der Waals surface area contributed by atoms with Crippen molar-refractivity contribution in [3.63, 3.8) is 0 Å². The summed E-state index contributed by atoms with van der Waals surface area (Å²) >= 11 is 0. The number of hydrogen-bond donors (Lipinski definition) is 0. The summed E-state index contributed by atoms with van der Waals surface area (Å²) in [6.07, 6.45) is -1.22. The lowest BCUT2D eigenvalue weighted by atomic mass is 10.4. The largest absolute Gasteiger partial charge is 0.266 e. The molecule has 41 valence electrons. The van der Waals surface area contributed by atoms with Crippen LogP contribution in [0.25, 0.3) is 0 Å². The Morgan fingerprint density at radius 1 is 1.57 bits per heavy atom. The van der Waals surface area contributed by atoms with Crippen molar-refractivity contribution in [2.24, 2.45) is 0 Å². The average molecular weight is 107 g/mol. The molecule has 0 unspecified atom stereocenters.